The molecule has 1 amide bonds. The van der Waals surface area contributed by atoms with Crippen LogP contribution >= 0.6 is 0 Å². The van der Waals surface area contributed by atoms with Crippen LogP contribution in [0.5, 0.6) is 0 Å². The summed E-state index contributed by atoms with van der Waals surface area (Å²) in [7, 11) is -3.27. The van der Waals surface area contributed by atoms with Crippen LogP contribution in [0.4, 0.5) is 0 Å². The number of amides is 1. The molecule has 0 radical (unpaired) electrons. The van der Waals surface area contributed by atoms with Gasteiger partial charge in [0.25, 0.3) is 0 Å². The lowest BCUT2D eigenvalue weighted by Crippen LogP contribution is -2.38. The van der Waals surface area contributed by atoms with Gasteiger partial charge in [0.2, 0.25) is 15.9 Å². The Kier molecular flexibility index (Phi) is 4.90. The van der Waals surface area contributed by atoms with Crippen molar-refractivity contribution in [2.24, 2.45) is 0 Å². The molecule has 1 atom stereocenters. The summed E-state index contributed by atoms with van der Waals surface area (Å²) in [6.45, 7) is 2.02. The number of aryl methyl sites for hydroxylation is 1. The number of carbonyl (C=O) groups excluding carboxylic acids is 1. The van der Waals surface area contributed by atoms with E-state index in [0.29, 0.717) is 25.3 Å². The monoisotopic (exact) mass is 342 g/mol. The Balaban J connectivity index is 1.56. The molecular formula is C13H22N6O3S. The molecule has 1 saturated heterocycles. The number of hydrogen-bond donors (Lipinski definition) is 1. The molecule has 0 spiro atoms. The highest BCUT2D eigenvalue weighted by molar-refractivity contribution is 7.89. The maximum atomic E-state index is 12.4. The van der Waals surface area contributed by atoms with Gasteiger partial charge in [0.1, 0.15) is 0 Å². The first kappa shape index (κ1) is 16.3. The molecule has 0 saturated carbocycles. The Morgan fingerprint density at radius 2 is 1.91 bits per heavy atom. The number of nitrogens with one attached hydrogen (secondary N) is 1. The van der Waals surface area contributed by atoms with Crippen LogP contribution < -0.4 is 5.32 Å². The molecule has 23 heavy (non-hydrogen) atoms. The van der Waals surface area contributed by atoms with E-state index in [2.05, 4.69) is 20.8 Å². The molecule has 1 N–H and O–H groups in total. The molecule has 2 aliphatic rings. The summed E-state index contributed by atoms with van der Waals surface area (Å²) in [5.41, 5.74) is 0. The summed E-state index contributed by atoms with van der Waals surface area (Å²) >= 11 is 0. The number of carbonyl (C=O) groups is 1. The minimum Gasteiger partial charge on any atom is -0.354 e. The predicted octanol–water partition coefficient (Wildman–Crippen LogP) is -0.518. The second-order valence-electron chi connectivity index (χ2n) is 6.02. The number of sulfonamides is 1. The van der Waals surface area contributed by atoms with Gasteiger partial charge in [-0.2, -0.15) is 0 Å². The summed E-state index contributed by atoms with van der Waals surface area (Å²) in [5.74, 6) is -0.0832. The lowest BCUT2D eigenvalue weighted by atomic mass is 10.0. The molecule has 1 aromatic heterocycles. The fraction of sp³-hybridized carbons (Fsp3) is 0.846. The molecule has 3 heterocycles. The fourth-order valence-electron chi connectivity index (χ4n) is 3.13. The first-order valence-corrected chi connectivity index (χ1v) is 9.70. The summed E-state index contributed by atoms with van der Waals surface area (Å²) in [6, 6.07) is 0. The van der Waals surface area contributed by atoms with Crippen molar-refractivity contribution in [3.8, 4) is 0 Å². The smallest absolute Gasteiger partial charge is 0.230 e. The Morgan fingerprint density at radius 3 is 2.70 bits per heavy atom. The number of nitrogens with zero attached hydrogens (tertiary/aromatic N) is 5. The van der Waals surface area contributed by atoms with Gasteiger partial charge in [-0.3, -0.25) is 4.79 Å². The van der Waals surface area contributed by atoms with Crippen molar-refractivity contribution in [2.45, 2.75) is 44.6 Å². The molecular weight excluding hydrogens is 320 g/mol. The highest BCUT2D eigenvalue weighted by atomic mass is 32.2. The van der Waals surface area contributed by atoms with E-state index in [0.717, 1.165) is 32.2 Å². The predicted molar refractivity (Wildman–Crippen MR) is 82.0 cm³/mol. The number of tetrazole rings is 1. The van der Waals surface area contributed by atoms with E-state index < -0.39 is 15.9 Å². The average Bonchev–Trinajstić information content (AvgIpc) is 3.16. The van der Waals surface area contributed by atoms with Gasteiger partial charge in [0, 0.05) is 26.2 Å². The van der Waals surface area contributed by atoms with Crippen molar-refractivity contribution in [3.05, 3.63) is 5.82 Å². The Hall–Kier alpha value is -1.55. The molecule has 128 valence electrons. The second kappa shape index (κ2) is 6.91. The molecule has 0 aromatic carbocycles. The first-order chi connectivity index (χ1) is 11.1. The third-order valence-corrected chi connectivity index (χ3v) is 6.29. The van der Waals surface area contributed by atoms with Crippen LogP contribution in [0, 0.1) is 0 Å². The lowest BCUT2D eigenvalue weighted by Gasteiger charge is -2.17. The van der Waals surface area contributed by atoms with Gasteiger partial charge in [-0.25, -0.2) is 17.4 Å². The van der Waals surface area contributed by atoms with Crippen LogP contribution in [-0.4, -0.2) is 64.2 Å². The zero-order valence-corrected chi connectivity index (χ0v) is 13.8. The van der Waals surface area contributed by atoms with E-state index in [1.165, 1.54) is 4.31 Å². The quantitative estimate of drug-likeness (QED) is 0.771. The number of fused-ring (bicyclic) bond motifs is 1. The van der Waals surface area contributed by atoms with Crippen LogP contribution in [0.25, 0.3) is 0 Å². The van der Waals surface area contributed by atoms with Crippen molar-refractivity contribution in [2.75, 3.05) is 25.4 Å². The highest BCUT2D eigenvalue weighted by Gasteiger charge is 2.29. The largest absolute Gasteiger partial charge is 0.354 e. The minimum absolute atomic E-state index is 0.0591. The summed E-state index contributed by atoms with van der Waals surface area (Å²) < 4.78 is 27.5. The van der Waals surface area contributed by atoms with Gasteiger partial charge in [-0.1, -0.05) is 6.42 Å². The number of aromatic nitrogens is 4. The van der Waals surface area contributed by atoms with E-state index in [9.17, 15) is 13.2 Å². The van der Waals surface area contributed by atoms with E-state index in [4.69, 9.17) is 0 Å². The van der Waals surface area contributed by atoms with Crippen molar-refractivity contribution in [3.63, 3.8) is 0 Å². The molecule has 1 fully saturated rings. The molecule has 0 aliphatic carbocycles. The van der Waals surface area contributed by atoms with Crippen LogP contribution in [0.2, 0.25) is 0 Å². The molecule has 2 aliphatic heterocycles. The topological polar surface area (TPSA) is 110 Å². The van der Waals surface area contributed by atoms with Gasteiger partial charge in [0.05, 0.1) is 11.7 Å². The molecule has 0 unspecified atom stereocenters. The van der Waals surface area contributed by atoms with Crippen LogP contribution in [0.15, 0.2) is 0 Å². The van der Waals surface area contributed by atoms with Crippen LogP contribution in [-0.2, 0) is 21.4 Å². The lowest BCUT2D eigenvalue weighted by molar-refractivity contribution is -0.122. The molecule has 3 rings (SSSR count). The van der Waals surface area contributed by atoms with Crippen molar-refractivity contribution in [1.29, 1.82) is 0 Å². The second-order valence-corrected chi connectivity index (χ2v) is 8.11. The molecule has 1 aromatic rings. The Labute approximate surface area is 135 Å². The van der Waals surface area contributed by atoms with E-state index in [-0.39, 0.29) is 18.2 Å². The third kappa shape index (κ3) is 3.69. The fourth-order valence-corrected chi connectivity index (χ4v) is 4.56. The van der Waals surface area contributed by atoms with Crippen molar-refractivity contribution >= 4 is 15.9 Å². The molecule has 9 nitrogen and oxygen atoms in total. The zero-order valence-electron chi connectivity index (χ0n) is 13.0. The van der Waals surface area contributed by atoms with E-state index in [1.54, 1.807) is 4.68 Å². The SMILES string of the molecule is O=C(NCCS(=O)(=O)N1CCCC1)[C@@H]1CCCCn2nnnc21. The summed E-state index contributed by atoms with van der Waals surface area (Å²) in [4.78, 5) is 12.4. The van der Waals surface area contributed by atoms with Gasteiger partial charge >= 0.3 is 0 Å². The van der Waals surface area contributed by atoms with E-state index in [1.807, 2.05) is 0 Å². The van der Waals surface area contributed by atoms with Gasteiger partial charge in [-0.05, 0) is 36.1 Å². The summed E-state index contributed by atoms with van der Waals surface area (Å²) in [6.07, 6.45) is 4.36. The maximum absolute atomic E-state index is 12.4. The van der Waals surface area contributed by atoms with Crippen LogP contribution in [0.3, 0.4) is 0 Å². The zero-order chi connectivity index (χ0) is 16.3. The highest BCUT2D eigenvalue weighted by Crippen LogP contribution is 2.23. The number of hydrogen-bond acceptors (Lipinski definition) is 6. The minimum atomic E-state index is -3.27. The molecule has 0 bridgehead atoms. The Bertz CT molecular complexity index is 652. The van der Waals surface area contributed by atoms with Crippen LogP contribution in [0.1, 0.15) is 43.8 Å². The van der Waals surface area contributed by atoms with Gasteiger partial charge in [-0.15, -0.1) is 5.10 Å². The number of rotatable bonds is 5. The standard InChI is InChI=1S/C13H22N6O3S/c20-13(11-5-1-2-9-19-12(11)15-16-17-19)14-6-10-23(21,22)18-7-3-4-8-18/h11H,1-10H2,(H,14,20)/t11-/m1/s1. The average molecular weight is 342 g/mol. The van der Waals surface area contributed by atoms with Gasteiger partial charge < -0.3 is 5.32 Å². The van der Waals surface area contributed by atoms with Crippen molar-refractivity contribution in [1.82, 2.24) is 29.8 Å². The van der Waals surface area contributed by atoms with Gasteiger partial charge in [0.15, 0.2) is 5.82 Å². The van der Waals surface area contributed by atoms with Crippen molar-refractivity contribution < 1.29 is 13.2 Å². The first-order valence-electron chi connectivity index (χ1n) is 8.09. The molecule has 10 heteroatoms. The maximum Gasteiger partial charge on any atom is 0.230 e. The third-order valence-electron chi connectivity index (χ3n) is 4.42. The Morgan fingerprint density at radius 1 is 1.17 bits per heavy atom. The normalized spacial score (nSPS) is 22.5. The van der Waals surface area contributed by atoms with E-state index >= 15 is 0 Å². The summed E-state index contributed by atoms with van der Waals surface area (Å²) in [5, 5.41) is 14.2.